The van der Waals surface area contributed by atoms with Crippen molar-refractivity contribution in [3.8, 4) is 0 Å². The van der Waals surface area contributed by atoms with Crippen LogP contribution in [0.4, 0.5) is 4.79 Å². The molecule has 0 bridgehead atoms. The van der Waals surface area contributed by atoms with Gasteiger partial charge in [0.1, 0.15) is 0 Å². The van der Waals surface area contributed by atoms with Gasteiger partial charge in [-0.1, -0.05) is 18.9 Å². The van der Waals surface area contributed by atoms with Gasteiger partial charge in [-0.05, 0) is 75.0 Å². The summed E-state index contributed by atoms with van der Waals surface area (Å²) in [5.74, 6) is 0. The van der Waals surface area contributed by atoms with E-state index in [0.29, 0.717) is 0 Å². The van der Waals surface area contributed by atoms with Crippen molar-refractivity contribution in [3.05, 3.63) is 36.0 Å². The fourth-order valence-electron chi connectivity index (χ4n) is 3.71. The van der Waals surface area contributed by atoms with Gasteiger partial charge in [0.05, 0.1) is 6.04 Å². The Morgan fingerprint density at radius 1 is 1.23 bits per heavy atom. The van der Waals surface area contributed by atoms with Crippen LogP contribution in [0.3, 0.4) is 0 Å². The zero-order valence-electron chi connectivity index (χ0n) is 16.1. The van der Waals surface area contributed by atoms with Gasteiger partial charge in [-0.15, -0.1) is 0 Å². The highest BCUT2D eigenvalue weighted by atomic mass is 16.2. The second-order valence-corrected chi connectivity index (χ2v) is 7.53. The molecule has 0 radical (unpaired) electrons. The number of urea groups is 1. The fraction of sp³-hybridized carbons (Fsp3) is 0.571. The molecule has 142 valence electrons. The molecule has 1 saturated heterocycles. The third-order valence-corrected chi connectivity index (χ3v) is 5.43. The van der Waals surface area contributed by atoms with Gasteiger partial charge >= 0.3 is 6.03 Å². The van der Waals surface area contributed by atoms with E-state index in [1.165, 1.54) is 44.2 Å². The molecule has 1 aromatic carbocycles. The van der Waals surface area contributed by atoms with Crippen molar-refractivity contribution in [2.45, 2.75) is 45.1 Å². The number of H-pyrrole nitrogens is 1. The zero-order valence-corrected chi connectivity index (χ0v) is 16.1. The van der Waals surface area contributed by atoms with Crippen LogP contribution in [0.5, 0.6) is 0 Å². The highest BCUT2D eigenvalue weighted by molar-refractivity contribution is 5.80. The first-order valence-corrected chi connectivity index (χ1v) is 9.94. The van der Waals surface area contributed by atoms with E-state index in [4.69, 9.17) is 0 Å². The monoisotopic (exact) mass is 356 g/mol. The Morgan fingerprint density at radius 2 is 2.00 bits per heavy atom. The third-order valence-electron chi connectivity index (χ3n) is 5.43. The van der Waals surface area contributed by atoms with E-state index in [1.807, 2.05) is 25.1 Å². The SMILES string of the molecule is C[C@H](NC(=O)N(C)CCCN1CCCCCC1)c1ccc2[nH]ccc2c1. The number of nitrogens with zero attached hydrogens (tertiary/aromatic N) is 2. The van der Waals surface area contributed by atoms with Gasteiger partial charge in [-0.3, -0.25) is 0 Å². The van der Waals surface area contributed by atoms with Crippen molar-refractivity contribution < 1.29 is 4.79 Å². The first kappa shape index (κ1) is 18.8. The van der Waals surface area contributed by atoms with E-state index in [-0.39, 0.29) is 12.1 Å². The van der Waals surface area contributed by atoms with Gasteiger partial charge in [-0.2, -0.15) is 0 Å². The standard InChI is InChI=1S/C21H32N4O/c1-17(18-8-9-20-19(16-18)10-11-22-20)23-21(26)24(2)12-7-15-25-13-5-3-4-6-14-25/h8-11,16-17,22H,3-7,12-15H2,1-2H3,(H,23,26)/t17-/m0/s1. The van der Waals surface area contributed by atoms with Crippen molar-refractivity contribution >= 4 is 16.9 Å². The summed E-state index contributed by atoms with van der Waals surface area (Å²) in [5.41, 5.74) is 2.25. The van der Waals surface area contributed by atoms with Crippen LogP contribution in [-0.2, 0) is 0 Å². The molecule has 26 heavy (non-hydrogen) atoms. The summed E-state index contributed by atoms with van der Waals surface area (Å²) in [6.07, 6.45) is 8.35. The van der Waals surface area contributed by atoms with E-state index < -0.39 is 0 Å². The van der Waals surface area contributed by atoms with E-state index >= 15 is 0 Å². The maximum atomic E-state index is 12.5. The molecule has 1 fully saturated rings. The number of carbonyl (C=O) groups is 1. The maximum Gasteiger partial charge on any atom is 0.317 e. The summed E-state index contributed by atoms with van der Waals surface area (Å²) in [6.45, 7) is 6.36. The molecule has 0 aliphatic carbocycles. The van der Waals surface area contributed by atoms with Crippen molar-refractivity contribution in [3.63, 3.8) is 0 Å². The van der Waals surface area contributed by atoms with E-state index in [0.717, 1.165) is 30.6 Å². The maximum absolute atomic E-state index is 12.5. The molecule has 1 aromatic heterocycles. The predicted octanol–water partition coefficient (Wildman–Crippen LogP) is 4.14. The lowest BCUT2D eigenvalue weighted by molar-refractivity contribution is 0.200. The molecule has 1 aliphatic rings. The van der Waals surface area contributed by atoms with Crippen LogP contribution in [0, 0.1) is 0 Å². The summed E-state index contributed by atoms with van der Waals surface area (Å²) in [7, 11) is 1.89. The van der Waals surface area contributed by atoms with Gasteiger partial charge in [0.2, 0.25) is 0 Å². The molecular formula is C21H32N4O. The Bertz CT molecular complexity index is 703. The minimum Gasteiger partial charge on any atom is -0.361 e. The summed E-state index contributed by atoms with van der Waals surface area (Å²) >= 11 is 0. The molecule has 2 N–H and O–H groups in total. The number of likely N-dealkylation sites (tertiary alicyclic amines) is 1. The molecule has 1 aliphatic heterocycles. The normalized spacial score (nSPS) is 17.0. The topological polar surface area (TPSA) is 51.4 Å². The number of rotatable bonds is 6. The van der Waals surface area contributed by atoms with Gasteiger partial charge in [0, 0.05) is 25.3 Å². The number of hydrogen-bond acceptors (Lipinski definition) is 2. The van der Waals surface area contributed by atoms with Gasteiger partial charge in [-0.25, -0.2) is 4.79 Å². The minimum absolute atomic E-state index is 0.00234. The average molecular weight is 357 g/mol. The molecule has 5 nitrogen and oxygen atoms in total. The van der Waals surface area contributed by atoms with E-state index in [2.05, 4.69) is 39.5 Å². The molecule has 2 heterocycles. The van der Waals surface area contributed by atoms with E-state index in [9.17, 15) is 4.79 Å². The van der Waals surface area contributed by atoms with Gasteiger partial charge in [0.15, 0.2) is 0 Å². The highest BCUT2D eigenvalue weighted by Gasteiger charge is 2.14. The molecule has 2 amide bonds. The van der Waals surface area contributed by atoms with Crippen LogP contribution >= 0.6 is 0 Å². The number of nitrogens with one attached hydrogen (secondary N) is 2. The minimum atomic E-state index is -0.00476. The molecule has 0 unspecified atom stereocenters. The molecule has 5 heteroatoms. The molecule has 3 rings (SSSR count). The van der Waals surface area contributed by atoms with Crippen molar-refractivity contribution in [1.29, 1.82) is 0 Å². The molecular weight excluding hydrogens is 324 g/mol. The number of carbonyl (C=O) groups excluding carboxylic acids is 1. The first-order valence-electron chi connectivity index (χ1n) is 9.94. The highest BCUT2D eigenvalue weighted by Crippen LogP contribution is 2.19. The summed E-state index contributed by atoms with van der Waals surface area (Å²) in [4.78, 5) is 20.0. The third kappa shape index (κ3) is 5.01. The first-order chi connectivity index (χ1) is 12.6. The van der Waals surface area contributed by atoms with Crippen molar-refractivity contribution in [2.24, 2.45) is 0 Å². The second-order valence-electron chi connectivity index (χ2n) is 7.53. The average Bonchev–Trinajstić information content (AvgIpc) is 2.96. The molecule has 0 spiro atoms. The summed E-state index contributed by atoms with van der Waals surface area (Å²) in [5, 5.41) is 4.29. The van der Waals surface area contributed by atoms with Crippen LogP contribution in [0.15, 0.2) is 30.5 Å². The van der Waals surface area contributed by atoms with Crippen LogP contribution in [0.2, 0.25) is 0 Å². The molecule has 0 saturated carbocycles. The lowest BCUT2D eigenvalue weighted by atomic mass is 10.1. The van der Waals surface area contributed by atoms with Crippen LogP contribution < -0.4 is 5.32 Å². The second kappa shape index (κ2) is 9.08. The number of fused-ring (bicyclic) bond motifs is 1. The van der Waals surface area contributed by atoms with Gasteiger partial charge < -0.3 is 20.1 Å². The Kier molecular flexibility index (Phi) is 6.56. The van der Waals surface area contributed by atoms with Crippen LogP contribution in [-0.4, -0.2) is 54.0 Å². The number of amides is 2. The largest absolute Gasteiger partial charge is 0.361 e. The van der Waals surface area contributed by atoms with E-state index in [1.54, 1.807) is 0 Å². The smallest absolute Gasteiger partial charge is 0.317 e. The summed E-state index contributed by atoms with van der Waals surface area (Å²) in [6, 6.07) is 8.33. The Hall–Kier alpha value is -2.01. The number of benzene rings is 1. The zero-order chi connectivity index (χ0) is 18.4. The molecule has 1 atom stereocenters. The van der Waals surface area contributed by atoms with Crippen molar-refractivity contribution in [1.82, 2.24) is 20.1 Å². The number of aromatic amines is 1. The van der Waals surface area contributed by atoms with Gasteiger partial charge in [0.25, 0.3) is 0 Å². The van der Waals surface area contributed by atoms with Crippen LogP contribution in [0.1, 0.15) is 50.6 Å². The Labute approximate surface area is 156 Å². The fourth-order valence-corrected chi connectivity index (χ4v) is 3.71. The molecule has 2 aromatic rings. The van der Waals surface area contributed by atoms with Crippen LogP contribution in [0.25, 0.3) is 10.9 Å². The Morgan fingerprint density at radius 3 is 2.77 bits per heavy atom. The number of aromatic nitrogens is 1. The summed E-state index contributed by atoms with van der Waals surface area (Å²) < 4.78 is 0. The van der Waals surface area contributed by atoms with Crippen molar-refractivity contribution in [2.75, 3.05) is 33.2 Å². The lowest BCUT2D eigenvalue weighted by Crippen LogP contribution is -2.40. The Balaban J connectivity index is 1.44. The number of hydrogen-bond donors (Lipinski definition) is 2. The lowest BCUT2D eigenvalue weighted by Gasteiger charge is -2.24. The quantitative estimate of drug-likeness (QED) is 0.817. The predicted molar refractivity (Wildman–Crippen MR) is 107 cm³/mol.